The minimum atomic E-state index is -0.323. The number of ketones is 1. The highest BCUT2D eigenvalue weighted by Crippen LogP contribution is 2.28. The Kier molecular flexibility index (Phi) is 2.59. The molecule has 1 atom stereocenters. The number of hydrogen-bond donors (Lipinski definition) is 1. The summed E-state index contributed by atoms with van der Waals surface area (Å²) >= 11 is 0. The molecule has 0 radical (unpaired) electrons. The number of carbonyl (C=O) groups is 1. The maximum Gasteiger partial charge on any atom is 0.216 e. The van der Waals surface area contributed by atoms with Crippen LogP contribution in [0.15, 0.2) is 11.8 Å². The third-order valence-corrected chi connectivity index (χ3v) is 3.21. The van der Waals surface area contributed by atoms with Gasteiger partial charge in [0.1, 0.15) is 0 Å². The summed E-state index contributed by atoms with van der Waals surface area (Å²) in [5, 5.41) is 3.33. The maximum absolute atomic E-state index is 12.1. The summed E-state index contributed by atoms with van der Waals surface area (Å²) in [5.41, 5.74) is -0.323. The molecule has 3 heteroatoms. The molecule has 3 nitrogen and oxygen atoms in total. The molecule has 14 heavy (non-hydrogen) atoms. The van der Waals surface area contributed by atoms with Crippen molar-refractivity contribution in [1.29, 1.82) is 0 Å². The second-order valence-corrected chi connectivity index (χ2v) is 4.00. The molecule has 1 N–H and O–H groups in total. The molecule has 2 heterocycles. The van der Waals surface area contributed by atoms with Gasteiger partial charge in [0.2, 0.25) is 5.78 Å². The first-order valence-electron chi connectivity index (χ1n) is 5.41. The molecule has 0 aliphatic carbocycles. The summed E-state index contributed by atoms with van der Waals surface area (Å²) in [6.45, 7) is 3.68. The van der Waals surface area contributed by atoms with Crippen molar-refractivity contribution in [1.82, 2.24) is 5.32 Å². The molecule has 0 aromatic rings. The van der Waals surface area contributed by atoms with Gasteiger partial charge < -0.3 is 10.1 Å². The predicted molar refractivity (Wildman–Crippen MR) is 53.9 cm³/mol. The summed E-state index contributed by atoms with van der Waals surface area (Å²) < 4.78 is 5.33. The third kappa shape index (κ3) is 1.46. The third-order valence-electron chi connectivity index (χ3n) is 3.21. The van der Waals surface area contributed by atoms with Gasteiger partial charge in [-0.2, -0.15) is 0 Å². The Balaban J connectivity index is 2.15. The summed E-state index contributed by atoms with van der Waals surface area (Å²) in [4.78, 5) is 12.1. The van der Waals surface area contributed by atoms with Crippen LogP contribution < -0.4 is 5.32 Å². The molecule has 0 amide bonds. The van der Waals surface area contributed by atoms with Gasteiger partial charge in [-0.15, -0.1) is 0 Å². The van der Waals surface area contributed by atoms with E-state index in [0.29, 0.717) is 12.4 Å². The molecule has 0 aromatic carbocycles. The Hall–Kier alpha value is -0.830. The second kappa shape index (κ2) is 3.73. The highest BCUT2D eigenvalue weighted by atomic mass is 16.5. The summed E-state index contributed by atoms with van der Waals surface area (Å²) in [7, 11) is 0. The van der Waals surface area contributed by atoms with Crippen molar-refractivity contribution < 1.29 is 9.53 Å². The van der Waals surface area contributed by atoms with E-state index in [-0.39, 0.29) is 11.3 Å². The van der Waals surface area contributed by atoms with Crippen LogP contribution in [-0.4, -0.2) is 24.5 Å². The molecule has 1 fully saturated rings. The van der Waals surface area contributed by atoms with Crippen LogP contribution in [0, 0.1) is 0 Å². The molecular weight excluding hydrogens is 178 g/mol. The van der Waals surface area contributed by atoms with Gasteiger partial charge in [-0.3, -0.25) is 4.79 Å². The Morgan fingerprint density at radius 2 is 2.57 bits per heavy atom. The molecule has 0 aromatic heterocycles. The lowest BCUT2D eigenvalue weighted by atomic mass is 9.88. The summed E-state index contributed by atoms with van der Waals surface area (Å²) in [6, 6.07) is 0. The Labute approximate surface area is 84.5 Å². The van der Waals surface area contributed by atoms with Gasteiger partial charge in [-0.1, -0.05) is 6.92 Å². The Morgan fingerprint density at radius 1 is 1.71 bits per heavy atom. The van der Waals surface area contributed by atoms with Gasteiger partial charge in [0, 0.05) is 6.42 Å². The van der Waals surface area contributed by atoms with Crippen molar-refractivity contribution in [3.8, 4) is 0 Å². The van der Waals surface area contributed by atoms with Crippen molar-refractivity contribution in [2.24, 2.45) is 0 Å². The quantitative estimate of drug-likeness (QED) is 0.739. The topological polar surface area (TPSA) is 38.3 Å². The average Bonchev–Trinajstić information content (AvgIpc) is 2.89. The minimum absolute atomic E-state index is 0.162. The average molecular weight is 195 g/mol. The maximum atomic E-state index is 12.1. The normalized spacial score (nSPS) is 31.4. The smallest absolute Gasteiger partial charge is 0.216 e. The second-order valence-electron chi connectivity index (χ2n) is 4.00. The fourth-order valence-electron chi connectivity index (χ4n) is 2.27. The van der Waals surface area contributed by atoms with E-state index in [1.807, 2.05) is 6.08 Å². The van der Waals surface area contributed by atoms with Crippen molar-refractivity contribution in [2.45, 2.75) is 38.1 Å². The standard InChI is InChI=1S/C11H17NO2/c1-2-11(6-4-7-12-11)10(13)9-5-3-8-14-9/h5,12H,2-4,6-8H2,1H3. The fourth-order valence-corrected chi connectivity index (χ4v) is 2.27. The Bertz CT molecular complexity index is 264. The molecule has 2 rings (SSSR count). The molecule has 2 aliphatic heterocycles. The van der Waals surface area contributed by atoms with Crippen LogP contribution >= 0.6 is 0 Å². The monoisotopic (exact) mass is 195 g/mol. The zero-order chi connectivity index (χ0) is 10.0. The number of rotatable bonds is 3. The molecule has 78 valence electrons. The number of carbonyl (C=O) groups excluding carboxylic acids is 1. The van der Waals surface area contributed by atoms with Crippen LogP contribution in [0.25, 0.3) is 0 Å². The highest BCUT2D eigenvalue weighted by molar-refractivity contribution is 6.01. The number of Topliss-reactive ketones (excluding diaryl/α,β-unsaturated/α-hetero) is 1. The molecule has 0 saturated carbocycles. The van der Waals surface area contributed by atoms with Crippen molar-refractivity contribution in [3.63, 3.8) is 0 Å². The highest BCUT2D eigenvalue weighted by Gasteiger charge is 2.41. The van der Waals surface area contributed by atoms with Gasteiger partial charge in [0.25, 0.3) is 0 Å². The lowest BCUT2D eigenvalue weighted by molar-refractivity contribution is -0.124. The predicted octanol–water partition coefficient (Wildman–Crippen LogP) is 1.39. The molecule has 2 aliphatic rings. The van der Waals surface area contributed by atoms with Gasteiger partial charge in [-0.05, 0) is 31.9 Å². The molecule has 1 saturated heterocycles. The van der Waals surface area contributed by atoms with Crippen molar-refractivity contribution in [3.05, 3.63) is 11.8 Å². The first-order valence-corrected chi connectivity index (χ1v) is 5.41. The fraction of sp³-hybridized carbons (Fsp3) is 0.727. The first kappa shape index (κ1) is 9.71. The van der Waals surface area contributed by atoms with Gasteiger partial charge in [-0.25, -0.2) is 0 Å². The number of hydrogen-bond acceptors (Lipinski definition) is 3. The van der Waals surface area contributed by atoms with E-state index in [0.717, 1.165) is 32.2 Å². The Morgan fingerprint density at radius 3 is 3.07 bits per heavy atom. The van der Waals surface area contributed by atoms with E-state index in [1.165, 1.54) is 0 Å². The van der Waals surface area contributed by atoms with E-state index in [9.17, 15) is 4.79 Å². The number of nitrogens with one attached hydrogen (secondary N) is 1. The molecular formula is C11H17NO2. The lowest BCUT2D eigenvalue weighted by Crippen LogP contribution is -2.47. The van der Waals surface area contributed by atoms with E-state index in [4.69, 9.17) is 4.74 Å². The number of ether oxygens (including phenoxy) is 1. The molecule has 0 bridgehead atoms. The van der Waals surface area contributed by atoms with E-state index < -0.39 is 0 Å². The van der Waals surface area contributed by atoms with E-state index in [2.05, 4.69) is 12.2 Å². The lowest BCUT2D eigenvalue weighted by Gasteiger charge is -2.26. The van der Waals surface area contributed by atoms with Crippen LogP contribution in [0.2, 0.25) is 0 Å². The molecule has 1 unspecified atom stereocenters. The van der Waals surface area contributed by atoms with Crippen molar-refractivity contribution in [2.75, 3.05) is 13.2 Å². The van der Waals surface area contributed by atoms with Crippen LogP contribution in [0.5, 0.6) is 0 Å². The van der Waals surface area contributed by atoms with Gasteiger partial charge >= 0.3 is 0 Å². The zero-order valence-electron chi connectivity index (χ0n) is 8.64. The van der Waals surface area contributed by atoms with E-state index in [1.54, 1.807) is 0 Å². The van der Waals surface area contributed by atoms with Gasteiger partial charge in [0.05, 0.1) is 12.1 Å². The van der Waals surface area contributed by atoms with Crippen LogP contribution in [0.1, 0.15) is 32.6 Å². The van der Waals surface area contributed by atoms with Crippen LogP contribution in [0.3, 0.4) is 0 Å². The largest absolute Gasteiger partial charge is 0.490 e. The summed E-state index contributed by atoms with van der Waals surface area (Å²) in [5.74, 6) is 0.747. The first-order chi connectivity index (χ1) is 6.78. The van der Waals surface area contributed by atoms with E-state index >= 15 is 0 Å². The zero-order valence-corrected chi connectivity index (χ0v) is 8.64. The molecule has 0 spiro atoms. The minimum Gasteiger partial charge on any atom is -0.490 e. The van der Waals surface area contributed by atoms with Crippen molar-refractivity contribution >= 4 is 5.78 Å². The van der Waals surface area contributed by atoms with Crippen LogP contribution in [0.4, 0.5) is 0 Å². The summed E-state index contributed by atoms with van der Waals surface area (Å²) in [6.07, 6.45) is 5.68. The van der Waals surface area contributed by atoms with Crippen LogP contribution in [-0.2, 0) is 9.53 Å². The van der Waals surface area contributed by atoms with Gasteiger partial charge in [0.15, 0.2) is 5.76 Å². The SMILES string of the molecule is CCC1(C(=O)C2=CCCO2)CCCN1.